The van der Waals surface area contributed by atoms with E-state index in [1.54, 1.807) is 16.9 Å². The molecule has 0 aliphatic carbocycles. The molecule has 2 amide bonds. The van der Waals surface area contributed by atoms with E-state index in [0.29, 0.717) is 17.9 Å². The summed E-state index contributed by atoms with van der Waals surface area (Å²) in [7, 11) is 1.62. The smallest absolute Gasteiger partial charge is 0.246 e. The molecule has 0 bridgehead atoms. The summed E-state index contributed by atoms with van der Waals surface area (Å²) in [4.78, 5) is 34.5. The molecule has 2 aromatic carbocycles. The summed E-state index contributed by atoms with van der Waals surface area (Å²) >= 11 is 0. The maximum Gasteiger partial charge on any atom is 0.246 e. The molecule has 0 radical (unpaired) electrons. The first-order valence-electron chi connectivity index (χ1n) is 12.4. The molecule has 7 nitrogen and oxygen atoms in total. The van der Waals surface area contributed by atoms with Gasteiger partial charge in [-0.2, -0.15) is 0 Å². The molecule has 3 heterocycles. The van der Waals surface area contributed by atoms with Crippen LogP contribution >= 0.6 is 0 Å². The highest BCUT2D eigenvalue weighted by Gasteiger charge is 2.49. The van der Waals surface area contributed by atoms with E-state index in [0.717, 1.165) is 34.1 Å². The van der Waals surface area contributed by atoms with Crippen molar-refractivity contribution in [2.45, 2.75) is 64.8 Å². The fraction of sp³-hybridized carbons (Fsp3) is 0.429. The second-order valence-corrected chi connectivity index (χ2v) is 9.79. The number of nitrogens with one attached hydrogen (secondary N) is 1. The number of fused-ring (bicyclic) bond motifs is 4. The third kappa shape index (κ3) is 3.83. The van der Waals surface area contributed by atoms with Gasteiger partial charge < -0.3 is 24.3 Å². The van der Waals surface area contributed by atoms with Crippen LogP contribution in [-0.2, 0) is 16.0 Å². The Balaban J connectivity index is 1.67. The highest BCUT2D eigenvalue weighted by molar-refractivity contribution is 5.97. The van der Waals surface area contributed by atoms with Gasteiger partial charge in [-0.05, 0) is 56.5 Å². The number of carbonyl (C=O) groups is 2. The molecule has 1 aromatic heterocycles. The molecule has 0 saturated carbocycles. The number of H-pyrrole nitrogens is 1. The number of ether oxygens (including phenoxy) is 2. The van der Waals surface area contributed by atoms with Crippen molar-refractivity contribution in [2.24, 2.45) is 0 Å². The fourth-order valence-corrected chi connectivity index (χ4v) is 5.43. The van der Waals surface area contributed by atoms with Gasteiger partial charge in [0, 0.05) is 29.1 Å². The van der Waals surface area contributed by atoms with Crippen molar-refractivity contribution >= 4 is 22.7 Å². The lowest BCUT2D eigenvalue weighted by Crippen LogP contribution is -2.64. The number of hydrogen-bond acceptors (Lipinski definition) is 4. The predicted octanol–water partition coefficient (Wildman–Crippen LogP) is 4.45. The topological polar surface area (TPSA) is 74.9 Å². The average Bonchev–Trinajstić information content (AvgIpc) is 3.23. The molecule has 0 spiro atoms. The van der Waals surface area contributed by atoms with E-state index in [9.17, 15) is 9.59 Å². The first-order chi connectivity index (χ1) is 16.8. The number of piperazine rings is 1. The summed E-state index contributed by atoms with van der Waals surface area (Å²) < 4.78 is 11.6. The lowest BCUT2D eigenvalue weighted by molar-refractivity contribution is -0.160. The Morgan fingerprint density at radius 1 is 1.09 bits per heavy atom. The lowest BCUT2D eigenvalue weighted by atomic mass is 9.85. The molecule has 2 unspecified atom stereocenters. The number of aromatic amines is 1. The van der Waals surface area contributed by atoms with Gasteiger partial charge in [0.05, 0.1) is 19.3 Å². The van der Waals surface area contributed by atoms with Crippen LogP contribution < -0.4 is 9.47 Å². The van der Waals surface area contributed by atoms with E-state index < -0.39 is 12.1 Å². The van der Waals surface area contributed by atoms with Crippen LogP contribution in [0.3, 0.4) is 0 Å². The third-order valence-electron chi connectivity index (χ3n) is 7.28. The normalized spacial score (nSPS) is 20.7. The standard InChI is InChI=1S/C28H33N3O4/c1-6-17(4)30-15-25(32)31-22(28(30)33)14-20-19-9-7-8-10-21(19)29-26(20)27(31)18-11-12-23(35-16(2)3)24(13-18)34-5/h7-13,16-17,22,27,29H,6,14-15H2,1-5H3/t17?,22-,27?/m0/s1. The molecule has 7 heteroatoms. The van der Waals surface area contributed by atoms with E-state index in [4.69, 9.17) is 9.47 Å². The van der Waals surface area contributed by atoms with Gasteiger partial charge >= 0.3 is 0 Å². The minimum Gasteiger partial charge on any atom is -0.493 e. The van der Waals surface area contributed by atoms with Crippen molar-refractivity contribution in [3.63, 3.8) is 0 Å². The molecule has 2 aliphatic rings. The quantitative estimate of drug-likeness (QED) is 0.572. The SMILES string of the molecule is CCC(C)N1CC(=O)N2C(c3ccc(OC(C)C)c(OC)c3)c3[nH]c4ccccc4c3C[C@H]2C1=O. The van der Waals surface area contributed by atoms with Crippen LogP contribution in [0.25, 0.3) is 10.9 Å². The summed E-state index contributed by atoms with van der Waals surface area (Å²) in [6.45, 7) is 8.09. The van der Waals surface area contributed by atoms with E-state index in [2.05, 4.69) is 11.1 Å². The van der Waals surface area contributed by atoms with Gasteiger partial charge in [0.25, 0.3) is 0 Å². The van der Waals surface area contributed by atoms with Gasteiger partial charge in [0.15, 0.2) is 11.5 Å². The van der Waals surface area contributed by atoms with Crippen LogP contribution in [0.5, 0.6) is 11.5 Å². The van der Waals surface area contributed by atoms with Crippen LogP contribution in [0.2, 0.25) is 0 Å². The van der Waals surface area contributed by atoms with E-state index in [-0.39, 0.29) is 30.5 Å². The number of hydrogen-bond donors (Lipinski definition) is 1. The number of para-hydroxylation sites is 1. The molecule has 184 valence electrons. The highest BCUT2D eigenvalue weighted by Crippen LogP contribution is 2.44. The van der Waals surface area contributed by atoms with Crippen molar-refractivity contribution in [3.05, 3.63) is 59.3 Å². The molecular formula is C28H33N3O4. The zero-order chi connectivity index (χ0) is 24.9. The van der Waals surface area contributed by atoms with E-state index >= 15 is 0 Å². The van der Waals surface area contributed by atoms with Gasteiger partial charge in [-0.1, -0.05) is 31.2 Å². The fourth-order valence-electron chi connectivity index (χ4n) is 5.43. The highest BCUT2D eigenvalue weighted by atomic mass is 16.5. The second kappa shape index (κ2) is 8.95. The molecular weight excluding hydrogens is 442 g/mol. The summed E-state index contributed by atoms with van der Waals surface area (Å²) in [6, 6.07) is 13.0. The Bertz CT molecular complexity index is 1280. The second-order valence-electron chi connectivity index (χ2n) is 9.79. The largest absolute Gasteiger partial charge is 0.493 e. The number of nitrogens with zero attached hydrogens (tertiary/aromatic N) is 2. The van der Waals surface area contributed by atoms with Crippen LogP contribution in [-0.4, -0.2) is 58.4 Å². The van der Waals surface area contributed by atoms with Gasteiger partial charge in [-0.15, -0.1) is 0 Å². The van der Waals surface area contributed by atoms with Crippen molar-refractivity contribution in [2.75, 3.05) is 13.7 Å². The van der Waals surface area contributed by atoms with Crippen LogP contribution in [0.4, 0.5) is 0 Å². The number of methoxy groups -OCH3 is 1. The maximum atomic E-state index is 13.7. The van der Waals surface area contributed by atoms with Crippen molar-refractivity contribution in [1.29, 1.82) is 0 Å². The maximum absolute atomic E-state index is 13.7. The Hall–Kier alpha value is -3.48. The van der Waals surface area contributed by atoms with Gasteiger partial charge in [0.1, 0.15) is 12.6 Å². The molecule has 2 aliphatic heterocycles. The molecule has 35 heavy (non-hydrogen) atoms. The molecule has 1 N–H and O–H groups in total. The number of carbonyl (C=O) groups excluding carboxylic acids is 2. The van der Waals surface area contributed by atoms with Crippen molar-refractivity contribution in [3.8, 4) is 11.5 Å². The van der Waals surface area contributed by atoms with E-state index in [1.165, 1.54) is 0 Å². The number of amides is 2. The minimum absolute atomic E-state index is 0.00181. The van der Waals surface area contributed by atoms with Gasteiger partial charge in [0.2, 0.25) is 11.8 Å². The predicted molar refractivity (Wildman–Crippen MR) is 135 cm³/mol. The first-order valence-corrected chi connectivity index (χ1v) is 12.4. The Morgan fingerprint density at radius 2 is 1.86 bits per heavy atom. The number of benzene rings is 2. The van der Waals surface area contributed by atoms with Crippen molar-refractivity contribution in [1.82, 2.24) is 14.8 Å². The Labute approximate surface area is 206 Å². The average molecular weight is 476 g/mol. The number of aromatic nitrogens is 1. The summed E-state index contributed by atoms with van der Waals surface area (Å²) in [5.74, 6) is 1.24. The van der Waals surface area contributed by atoms with Crippen LogP contribution in [0.1, 0.15) is 57.0 Å². The minimum atomic E-state index is -0.542. The molecule has 1 fully saturated rings. The van der Waals surface area contributed by atoms with E-state index in [1.807, 2.05) is 64.1 Å². The third-order valence-corrected chi connectivity index (χ3v) is 7.28. The van der Waals surface area contributed by atoms with Crippen molar-refractivity contribution < 1.29 is 19.1 Å². The Kier molecular flexibility index (Phi) is 5.95. The molecule has 1 saturated heterocycles. The molecule has 3 aromatic rings. The van der Waals surface area contributed by atoms with Crippen LogP contribution in [0, 0.1) is 0 Å². The molecule has 5 rings (SSSR count). The van der Waals surface area contributed by atoms with Crippen LogP contribution in [0.15, 0.2) is 42.5 Å². The zero-order valence-corrected chi connectivity index (χ0v) is 21.0. The Morgan fingerprint density at radius 3 is 2.57 bits per heavy atom. The first kappa shape index (κ1) is 23.3. The monoisotopic (exact) mass is 475 g/mol. The molecule has 3 atom stereocenters. The van der Waals surface area contributed by atoms with Gasteiger partial charge in [-0.3, -0.25) is 9.59 Å². The zero-order valence-electron chi connectivity index (χ0n) is 21.0. The summed E-state index contributed by atoms with van der Waals surface area (Å²) in [5, 5.41) is 1.10. The summed E-state index contributed by atoms with van der Waals surface area (Å²) in [6.07, 6.45) is 1.31. The van der Waals surface area contributed by atoms with Gasteiger partial charge in [-0.25, -0.2) is 0 Å². The number of rotatable bonds is 6. The lowest BCUT2D eigenvalue weighted by Gasteiger charge is -2.48. The summed E-state index contributed by atoms with van der Waals surface area (Å²) in [5.41, 5.74) is 3.95.